The molecule has 1 aromatic heterocycles. The second-order valence-corrected chi connectivity index (χ2v) is 7.37. The quantitative estimate of drug-likeness (QED) is 0.385. The van der Waals surface area contributed by atoms with Gasteiger partial charge in [-0.25, -0.2) is 4.98 Å². The summed E-state index contributed by atoms with van der Waals surface area (Å²) in [4.78, 5) is 19.4. The molecule has 0 saturated heterocycles. The van der Waals surface area contributed by atoms with Crippen LogP contribution in [-0.4, -0.2) is 15.9 Å². The molecule has 0 aliphatic carbocycles. The monoisotopic (exact) mass is 427 g/mol. The molecule has 2 aromatic carbocycles. The summed E-state index contributed by atoms with van der Waals surface area (Å²) in [6, 6.07) is 10.9. The minimum atomic E-state index is -0.471. The first-order valence-corrected chi connectivity index (χ1v) is 9.48. The van der Waals surface area contributed by atoms with Crippen LogP contribution in [0, 0.1) is 6.92 Å². The van der Waals surface area contributed by atoms with Crippen LogP contribution in [0.25, 0.3) is 22.4 Å². The highest BCUT2D eigenvalue weighted by Gasteiger charge is 2.11. The van der Waals surface area contributed by atoms with Gasteiger partial charge in [0.05, 0.1) is 16.1 Å². The summed E-state index contributed by atoms with van der Waals surface area (Å²) in [7, 11) is 0. The topological polar surface area (TPSA) is 81.0 Å². The molecule has 3 rings (SSSR count). The van der Waals surface area contributed by atoms with Crippen molar-refractivity contribution in [3.05, 3.63) is 82.1 Å². The van der Waals surface area contributed by atoms with Crippen molar-refractivity contribution in [2.24, 2.45) is 5.73 Å². The third-order valence-electron chi connectivity index (χ3n) is 4.26. The summed E-state index contributed by atoms with van der Waals surface area (Å²) in [5.74, 6) is 1.29. The summed E-state index contributed by atoms with van der Waals surface area (Å²) in [5, 5.41) is 0.843. The maximum atomic E-state index is 11.5. The van der Waals surface area contributed by atoms with Gasteiger partial charge in [-0.3, -0.25) is 4.79 Å². The van der Waals surface area contributed by atoms with E-state index in [1.165, 1.54) is 0 Å². The normalized spacial score (nSPS) is 12.6. The molecule has 0 radical (unpaired) electrons. The Morgan fingerprint density at radius 2 is 1.93 bits per heavy atom. The zero-order valence-corrected chi connectivity index (χ0v) is 17.4. The number of H-pyrrole nitrogens is 1. The Hall–Kier alpha value is -3.02. The van der Waals surface area contributed by atoms with E-state index < -0.39 is 5.91 Å². The van der Waals surface area contributed by atoms with Crippen molar-refractivity contribution in [2.45, 2.75) is 13.8 Å². The highest BCUT2D eigenvalue weighted by Crippen LogP contribution is 2.26. The summed E-state index contributed by atoms with van der Waals surface area (Å²) in [5.41, 5.74) is 9.05. The number of allylic oxidation sites excluding steroid dienone is 4. The number of aromatic amines is 1. The average molecular weight is 428 g/mol. The highest BCUT2D eigenvalue weighted by molar-refractivity contribution is 6.40. The molecular weight excluding hydrogens is 409 g/mol. The molecule has 0 fully saturated rings. The Morgan fingerprint density at radius 3 is 2.52 bits per heavy atom. The summed E-state index contributed by atoms with van der Waals surface area (Å²) >= 11 is 11.9. The second-order valence-electron chi connectivity index (χ2n) is 6.39. The smallest absolute Gasteiger partial charge is 0.249 e. The van der Waals surface area contributed by atoms with Crippen LogP contribution in [0.4, 0.5) is 0 Å². The van der Waals surface area contributed by atoms with E-state index in [0.29, 0.717) is 38.5 Å². The number of imidazole rings is 1. The highest BCUT2D eigenvalue weighted by atomic mass is 35.5. The Morgan fingerprint density at radius 1 is 1.24 bits per heavy atom. The van der Waals surface area contributed by atoms with E-state index in [2.05, 4.69) is 16.5 Å². The van der Waals surface area contributed by atoms with Gasteiger partial charge in [-0.15, -0.1) is 0 Å². The molecule has 0 aliphatic rings. The van der Waals surface area contributed by atoms with Crippen LogP contribution >= 0.6 is 23.2 Å². The second kappa shape index (κ2) is 8.55. The van der Waals surface area contributed by atoms with Crippen molar-refractivity contribution in [3.8, 4) is 17.1 Å². The molecule has 3 N–H and O–H groups in total. The number of nitrogens with zero attached hydrogens (tertiary/aromatic N) is 1. The van der Waals surface area contributed by atoms with Crippen molar-refractivity contribution in [1.82, 2.24) is 9.97 Å². The Bertz CT molecular complexity index is 1150. The number of fused-ring (bicyclic) bond motifs is 1. The first kappa shape index (κ1) is 20.7. The van der Waals surface area contributed by atoms with Gasteiger partial charge < -0.3 is 15.5 Å². The van der Waals surface area contributed by atoms with E-state index in [-0.39, 0.29) is 0 Å². The minimum absolute atomic E-state index is 0.381. The van der Waals surface area contributed by atoms with Crippen LogP contribution in [0.15, 0.2) is 71.0 Å². The lowest BCUT2D eigenvalue weighted by atomic mass is 10.1. The molecule has 29 heavy (non-hydrogen) atoms. The van der Waals surface area contributed by atoms with Gasteiger partial charge in [-0.1, -0.05) is 29.8 Å². The van der Waals surface area contributed by atoms with Crippen LogP contribution in [0.3, 0.4) is 0 Å². The Balaban J connectivity index is 1.87. The summed E-state index contributed by atoms with van der Waals surface area (Å²) < 4.78 is 5.78. The molecule has 0 saturated carbocycles. The first-order chi connectivity index (χ1) is 13.8. The number of halogens is 2. The molecule has 1 amide bonds. The molecular formula is C22H19Cl2N3O2. The summed E-state index contributed by atoms with van der Waals surface area (Å²) in [6.45, 7) is 7.25. The molecule has 0 aliphatic heterocycles. The van der Waals surface area contributed by atoms with E-state index in [4.69, 9.17) is 33.7 Å². The van der Waals surface area contributed by atoms with Crippen molar-refractivity contribution in [2.75, 3.05) is 0 Å². The number of primary amides is 1. The van der Waals surface area contributed by atoms with Gasteiger partial charge in [0.25, 0.3) is 0 Å². The van der Waals surface area contributed by atoms with Crippen molar-refractivity contribution in [1.29, 1.82) is 0 Å². The number of nitrogens with one attached hydrogen (secondary N) is 1. The van der Waals surface area contributed by atoms with Crippen molar-refractivity contribution < 1.29 is 9.53 Å². The molecule has 0 unspecified atom stereocenters. The van der Waals surface area contributed by atoms with Crippen LogP contribution in [0.5, 0.6) is 5.75 Å². The number of hydrogen-bond donors (Lipinski definition) is 2. The number of carbonyl (C=O) groups is 1. The number of ether oxygens (including phenoxy) is 1. The molecule has 5 nitrogen and oxygen atoms in total. The van der Waals surface area contributed by atoms with Gasteiger partial charge >= 0.3 is 0 Å². The molecule has 3 aromatic rings. The fraction of sp³-hybridized carbons (Fsp3) is 0.0909. The van der Waals surface area contributed by atoms with Gasteiger partial charge in [-0.2, -0.15) is 0 Å². The predicted molar refractivity (Wildman–Crippen MR) is 118 cm³/mol. The lowest BCUT2D eigenvalue weighted by molar-refractivity contribution is 0.1000. The molecule has 1 heterocycles. The largest absolute Gasteiger partial charge is 0.457 e. The van der Waals surface area contributed by atoms with Crippen molar-refractivity contribution in [3.63, 3.8) is 0 Å². The predicted octanol–water partition coefficient (Wildman–Crippen LogP) is 5.80. The number of benzene rings is 2. The van der Waals surface area contributed by atoms with E-state index in [0.717, 1.165) is 16.6 Å². The van der Waals surface area contributed by atoms with Gasteiger partial charge in [-0.05, 0) is 61.9 Å². The Kier molecular flexibility index (Phi) is 6.11. The van der Waals surface area contributed by atoms with Gasteiger partial charge in [0, 0.05) is 22.2 Å². The minimum Gasteiger partial charge on any atom is -0.457 e. The number of rotatable bonds is 6. The molecule has 7 heteroatoms. The lowest BCUT2D eigenvalue weighted by Crippen LogP contribution is -2.12. The van der Waals surface area contributed by atoms with Gasteiger partial charge in [0.15, 0.2) is 0 Å². The van der Waals surface area contributed by atoms with Crippen LogP contribution < -0.4 is 10.5 Å². The number of aromatic nitrogens is 2. The molecule has 0 atom stereocenters. The molecule has 0 bridgehead atoms. The maximum Gasteiger partial charge on any atom is 0.249 e. The SMILES string of the molecule is C=C/C(=C\C(Cl)=C(/C)Cl)Oc1ccc(-c2nc3cc(C(N)=O)c(C)cc3[nH]2)cc1. The maximum absolute atomic E-state index is 11.5. The number of aryl methyl sites for hydroxylation is 1. The lowest BCUT2D eigenvalue weighted by Gasteiger charge is -2.07. The van der Waals surface area contributed by atoms with Gasteiger partial charge in [0.1, 0.15) is 17.3 Å². The van der Waals surface area contributed by atoms with E-state index in [1.807, 2.05) is 37.3 Å². The fourth-order valence-electron chi connectivity index (χ4n) is 2.74. The van der Waals surface area contributed by atoms with Gasteiger partial charge in [0.2, 0.25) is 5.91 Å². The van der Waals surface area contributed by atoms with E-state index in [1.54, 1.807) is 25.1 Å². The van der Waals surface area contributed by atoms with Crippen LogP contribution in [-0.2, 0) is 0 Å². The number of amides is 1. The zero-order valence-electron chi connectivity index (χ0n) is 15.9. The number of hydrogen-bond acceptors (Lipinski definition) is 3. The van der Waals surface area contributed by atoms with E-state index in [9.17, 15) is 4.79 Å². The van der Waals surface area contributed by atoms with E-state index >= 15 is 0 Å². The fourth-order valence-corrected chi connectivity index (χ4v) is 2.90. The zero-order chi connectivity index (χ0) is 21.1. The molecule has 148 valence electrons. The third kappa shape index (κ3) is 4.70. The number of nitrogens with two attached hydrogens (primary N) is 1. The summed E-state index contributed by atoms with van der Waals surface area (Å²) in [6.07, 6.45) is 3.15. The molecule has 0 spiro atoms. The Labute approximate surface area is 178 Å². The standard InChI is InChI=1S/C22H19Cl2N3O2/c1-4-15(10-18(24)13(3)23)29-16-7-5-14(6-8-16)22-26-19-9-12(2)17(21(25)28)11-20(19)27-22/h4-11H,1H2,2-3H3,(H2,25,28)(H,26,27)/b15-10+,18-13-. The average Bonchev–Trinajstić information content (AvgIpc) is 3.09. The number of carbonyl (C=O) groups excluding carboxylic acids is 1. The van der Waals surface area contributed by atoms with Crippen molar-refractivity contribution >= 4 is 40.1 Å². The van der Waals surface area contributed by atoms with Crippen LogP contribution in [0.2, 0.25) is 0 Å². The third-order valence-corrected chi connectivity index (χ3v) is 4.95. The first-order valence-electron chi connectivity index (χ1n) is 8.73. The van der Waals surface area contributed by atoms with Crippen LogP contribution in [0.1, 0.15) is 22.8 Å².